The number of nitriles is 1. The molecule has 0 radical (unpaired) electrons. The van der Waals surface area contributed by atoms with E-state index in [1.54, 1.807) is 18.2 Å². The van der Waals surface area contributed by atoms with Gasteiger partial charge in [-0.25, -0.2) is 0 Å². The average Bonchev–Trinajstić information content (AvgIpc) is 2.91. The second-order valence-corrected chi connectivity index (χ2v) is 7.41. The van der Waals surface area contributed by atoms with Crippen LogP contribution in [0.1, 0.15) is 58.2 Å². The summed E-state index contributed by atoms with van der Waals surface area (Å²) in [6.45, 7) is -9.39. The molecule has 0 aliphatic heterocycles. The molecule has 0 N–H and O–H groups in total. The lowest BCUT2D eigenvalue weighted by molar-refractivity contribution is 0.292. The van der Waals surface area contributed by atoms with Crippen molar-refractivity contribution in [3.8, 4) is 29.1 Å². The molecule has 6 nitrogen and oxygen atoms in total. The van der Waals surface area contributed by atoms with E-state index in [4.69, 9.17) is 39.5 Å². The van der Waals surface area contributed by atoms with Gasteiger partial charge in [-0.15, -0.1) is 0 Å². The number of benzene rings is 2. The molecule has 180 valence electrons. The topological polar surface area (TPSA) is 64.0 Å². The van der Waals surface area contributed by atoms with Gasteiger partial charge in [0.1, 0.15) is 0 Å². The van der Waals surface area contributed by atoms with E-state index < -0.39 is 64.0 Å². The molecule has 0 fully saturated rings. The Morgan fingerprint density at radius 1 is 0.939 bits per heavy atom. The molecule has 0 saturated heterocycles. The first-order valence-corrected chi connectivity index (χ1v) is 10.2. The molecule has 6 heteroatoms. The summed E-state index contributed by atoms with van der Waals surface area (Å²) in [5, 5.41) is 10.6. The summed E-state index contributed by atoms with van der Waals surface area (Å²) in [4.78, 5) is 1.13. The molecule has 33 heavy (non-hydrogen) atoms. The second-order valence-electron chi connectivity index (χ2n) is 7.41. The van der Waals surface area contributed by atoms with Crippen LogP contribution in [0.5, 0.6) is 23.0 Å². The predicted octanol–water partition coefficient (Wildman–Crippen LogP) is 5.09. The van der Waals surface area contributed by atoms with Crippen molar-refractivity contribution in [2.45, 2.75) is 38.4 Å². The van der Waals surface area contributed by atoms with Crippen LogP contribution in [0.15, 0.2) is 36.4 Å². The van der Waals surface area contributed by atoms with Crippen molar-refractivity contribution in [1.82, 2.24) is 4.90 Å². The van der Waals surface area contributed by atoms with Crippen LogP contribution in [0.3, 0.4) is 0 Å². The van der Waals surface area contributed by atoms with Gasteiger partial charge in [0.15, 0.2) is 23.0 Å². The van der Waals surface area contributed by atoms with Gasteiger partial charge in [0, 0.05) is 18.9 Å². The maximum atomic E-state index is 10.6. The molecule has 0 bridgehead atoms. The number of nitrogens with zero attached hydrogens (tertiary/aromatic N) is 2. The highest BCUT2D eigenvalue weighted by atomic mass is 16.5. The van der Waals surface area contributed by atoms with E-state index in [-0.39, 0.29) is 31.5 Å². The van der Waals surface area contributed by atoms with Crippen LogP contribution in [-0.2, 0) is 11.8 Å². The smallest absolute Gasteiger partial charge is 0.161 e. The average molecular weight is 470 g/mol. The summed E-state index contributed by atoms with van der Waals surface area (Å²) in [6.07, 6.45) is -0.444. The quantitative estimate of drug-likeness (QED) is 0.407. The van der Waals surface area contributed by atoms with Crippen molar-refractivity contribution in [2.24, 2.45) is 5.92 Å². The third kappa shape index (κ3) is 6.33. The number of methoxy groups -OCH3 is 4. The predicted molar refractivity (Wildman–Crippen MR) is 132 cm³/mol. The van der Waals surface area contributed by atoms with Crippen LogP contribution >= 0.6 is 0 Å². The van der Waals surface area contributed by atoms with Gasteiger partial charge in [-0.2, -0.15) is 5.26 Å². The van der Waals surface area contributed by atoms with E-state index in [0.29, 0.717) is 11.5 Å². The fraction of sp³-hybridized carbons (Fsp3) is 0.519. The van der Waals surface area contributed by atoms with E-state index in [1.165, 1.54) is 14.2 Å². The summed E-state index contributed by atoms with van der Waals surface area (Å²) in [5.41, 5.74) is -1.98. The Bertz CT molecular complexity index is 1400. The molecule has 0 aliphatic rings. The van der Waals surface area contributed by atoms with Crippen molar-refractivity contribution in [1.29, 1.82) is 5.26 Å². The van der Waals surface area contributed by atoms with Crippen LogP contribution in [0.25, 0.3) is 0 Å². The number of hydrogen-bond acceptors (Lipinski definition) is 6. The van der Waals surface area contributed by atoms with Crippen LogP contribution in [0.2, 0.25) is 0 Å². The van der Waals surface area contributed by atoms with E-state index in [2.05, 4.69) is 0 Å². The van der Waals surface area contributed by atoms with Crippen molar-refractivity contribution >= 4 is 0 Å². The first-order chi connectivity index (χ1) is 21.8. The van der Waals surface area contributed by atoms with Crippen molar-refractivity contribution in [3.05, 3.63) is 47.5 Å². The summed E-state index contributed by atoms with van der Waals surface area (Å²) in [5.74, 6) is -2.70. The van der Waals surface area contributed by atoms with E-state index in [1.807, 2.05) is 6.07 Å². The maximum Gasteiger partial charge on any atom is 0.161 e. The molecule has 2 aromatic rings. The Balaban J connectivity index is 2.60. The third-order valence-corrected chi connectivity index (χ3v) is 5.49. The molecule has 1 unspecified atom stereocenters. The minimum Gasteiger partial charge on any atom is -0.493 e. The second kappa shape index (κ2) is 12.4. The van der Waals surface area contributed by atoms with Gasteiger partial charge < -0.3 is 23.8 Å². The minimum atomic E-state index is -3.27. The van der Waals surface area contributed by atoms with E-state index >= 15 is 0 Å². The molecule has 0 aliphatic carbocycles. The zero-order valence-electron chi connectivity index (χ0n) is 33.6. The number of likely N-dealkylation sites (N-methyl/N-ethyl adjacent to an activating group) is 1. The van der Waals surface area contributed by atoms with Crippen molar-refractivity contribution < 1.29 is 39.5 Å². The highest BCUT2D eigenvalue weighted by Gasteiger charge is 2.36. The van der Waals surface area contributed by atoms with E-state index in [0.717, 1.165) is 28.7 Å². The zero-order chi connectivity index (χ0) is 36.9. The standard InChI is InChI=1S/C27H38N2O4/c1-20(2)27(19-28,22-10-12-24(31-5)26(18-22)33-7)14-8-15-29(3)16-13-21-9-11-23(30-4)25(17-21)32-6/h9-12,17-18,20H,8,13-16H2,1-7H3/i1D3,2D3,3D3,5D3,7D3. The van der Waals surface area contributed by atoms with Gasteiger partial charge >= 0.3 is 0 Å². The van der Waals surface area contributed by atoms with Crippen molar-refractivity contribution in [2.75, 3.05) is 48.4 Å². The first kappa shape index (κ1) is 12.0. The number of hydrogen-bond donors (Lipinski definition) is 0. The fourth-order valence-corrected chi connectivity index (χ4v) is 3.55. The summed E-state index contributed by atoms with van der Waals surface area (Å²) in [7, 11) is -3.28. The molecule has 0 amide bonds. The minimum absolute atomic E-state index is 0.00869. The third-order valence-electron chi connectivity index (χ3n) is 5.49. The van der Waals surface area contributed by atoms with Gasteiger partial charge in [-0.05, 0) is 74.1 Å². The highest BCUT2D eigenvalue weighted by Crippen LogP contribution is 2.40. The zero-order valence-corrected chi connectivity index (χ0v) is 18.6. The summed E-state index contributed by atoms with van der Waals surface area (Å²) >= 11 is 0. The number of rotatable bonds is 13. The Morgan fingerprint density at radius 2 is 1.64 bits per heavy atom. The Morgan fingerprint density at radius 3 is 2.30 bits per heavy atom. The van der Waals surface area contributed by atoms with Crippen LogP contribution in [-0.4, -0.2) is 53.3 Å². The summed E-state index contributed by atoms with van der Waals surface area (Å²) in [6, 6.07) is 9.82. The van der Waals surface area contributed by atoms with Crippen LogP contribution < -0.4 is 18.9 Å². The molecule has 0 heterocycles. The van der Waals surface area contributed by atoms with Gasteiger partial charge in [0.2, 0.25) is 0 Å². The fourth-order valence-electron chi connectivity index (χ4n) is 3.55. The molecular formula is C27H38N2O4. The van der Waals surface area contributed by atoms with Gasteiger partial charge in [0.05, 0.1) is 48.0 Å². The first-order valence-electron chi connectivity index (χ1n) is 17.7. The Kier molecular flexibility index (Phi) is 4.49. The molecule has 1 atom stereocenters. The lowest BCUT2D eigenvalue weighted by Crippen LogP contribution is -2.32. The van der Waals surface area contributed by atoms with Crippen LogP contribution in [0, 0.1) is 17.2 Å². The molecule has 0 saturated carbocycles. The largest absolute Gasteiger partial charge is 0.493 e. The molecule has 2 aromatic carbocycles. The molecular weight excluding hydrogens is 416 g/mol. The molecule has 0 spiro atoms. The van der Waals surface area contributed by atoms with Gasteiger partial charge in [0.25, 0.3) is 0 Å². The molecule has 0 aromatic heterocycles. The monoisotopic (exact) mass is 469 g/mol. The molecule has 2 rings (SSSR count). The Labute approximate surface area is 220 Å². The van der Waals surface area contributed by atoms with Gasteiger partial charge in [-0.3, -0.25) is 0 Å². The maximum absolute atomic E-state index is 10.6. The summed E-state index contributed by atoms with van der Waals surface area (Å²) < 4.78 is 138. The van der Waals surface area contributed by atoms with Crippen LogP contribution in [0.4, 0.5) is 0 Å². The Hall–Kier alpha value is -2.91. The van der Waals surface area contributed by atoms with E-state index in [9.17, 15) is 5.26 Å². The van der Waals surface area contributed by atoms with Gasteiger partial charge in [-0.1, -0.05) is 25.8 Å². The SMILES string of the molecule is [2H]C([2H])([2H])Oc1ccc(C(C#N)(CCCN(CCc2ccc(OC)c(OC)c2)C([2H])([2H])[2H])C(C([2H])([2H])[2H])C([2H])([2H])[2H])cc1OC([2H])([2H])[2H]. The number of ether oxygens (including phenoxy) is 4. The highest BCUT2D eigenvalue weighted by molar-refractivity contribution is 5.47. The lowest BCUT2D eigenvalue weighted by Gasteiger charge is -2.32. The van der Waals surface area contributed by atoms with Crippen molar-refractivity contribution in [3.63, 3.8) is 0 Å². The lowest BCUT2D eigenvalue weighted by atomic mass is 9.69. The normalized spacial score (nSPS) is 21.5.